The molecule has 9 heteroatoms. The van der Waals surface area contributed by atoms with E-state index < -0.39 is 12.1 Å². The first-order valence-corrected chi connectivity index (χ1v) is 9.62. The van der Waals surface area contributed by atoms with Gasteiger partial charge in [-0.05, 0) is 50.2 Å². The molecule has 4 rings (SSSR count). The second-order valence-electron chi connectivity index (χ2n) is 7.56. The highest BCUT2D eigenvalue weighted by Gasteiger charge is 2.40. The highest BCUT2D eigenvalue weighted by atomic mass is 19.4. The molecule has 0 bridgehead atoms. The van der Waals surface area contributed by atoms with Crippen LogP contribution < -0.4 is 0 Å². The molecule has 0 aromatic carbocycles. The van der Waals surface area contributed by atoms with Gasteiger partial charge in [0.15, 0.2) is 0 Å². The zero-order valence-electron chi connectivity index (χ0n) is 15.6. The Labute approximate surface area is 161 Å². The number of rotatable bonds is 6. The Kier molecular flexibility index (Phi) is 7.00. The lowest BCUT2D eigenvalue weighted by Gasteiger charge is -2.35. The lowest BCUT2D eigenvalue weighted by molar-refractivity contribution is -0.192. The summed E-state index contributed by atoms with van der Waals surface area (Å²) in [4.78, 5) is 11.4. The van der Waals surface area contributed by atoms with Crippen molar-refractivity contribution in [3.8, 4) is 0 Å². The lowest BCUT2D eigenvalue weighted by Crippen LogP contribution is -2.43. The molecule has 3 atom stereocenters. The predicted octanol–water partition coefficient (Wildman–Crippen LogP) is 3.46. The summed E-state index contributed by atoms with van der Waals surface area (Å²) < 4.78 is 49.3. The fourth-order valence-electron chi connectivity index (χ4n) is 3.66. The normalized spacial score (nSPS) is 27.8. The van der Waals surface area contributed by atoms with Gasteiger partial charge in [0.05, 0.1) is 31.6 Å². The molecule has 3 fully saturated rings. The minimum atomic E-state index is -5.08. The first-order chi connectivity index (χ1) is 13.3. The molecule has 1 saturated carbocycles. The SMILES string of the molecule is O=C(O)C(F)(F)F.c1coc(CN2CC[C@H]3O[C@@H](COCC4CC4)CC[C@H]32)c1. The molecule has 0 radical (unpaired) electrons. The van der Waals surface area contributed by atoms with Gasteiger partial charge in [0.1, 0.15) is 5.76 Å². The molecule has 3 heterocycles. The number of halogens is 3. The van der Waals surface area contributed by atoms with Crippen LogP contribution in [0.25, 0.3) is 0 Å². The van der Waals surface area contributed by atoms with E-state index >= 15 is 0 Å². The van der Waals surface area contributed by atoms with E-state index in [0.29, 0.717) is 18.2 Å². The van der Waals surface area contributed by atoms with Crippen molar-refractivity contribution in [2.75, 3.05) is 19.8 Å². The molecule has 0 spiro atoms. The van der Waals surface area contributed by atoms with Crippen LogP contribution in [0.1, 0.15) is 37.9 Å². The molecule has 1 aliphatic carbocycles. The number of carboxylic acids is 1. The highest BCUT2D eigenvalue weighted by molar-refractivity contribution is 5.73. The summed E-state index contributed by atoms with van der Waals surface area (Å²) in [5, 5.41) is 7.12. The summed E-state index contributed by atoms with van der Waals surface area (Å²) in [6.07, 6.45) is 3.59. The van der Waals surface area contributed by atoms with Gasteiger partial charge in [0.25, 0.3) is 0 Å². The van der Waals surface area contributed by atoms with Crippen LogP contribution in [-0.2, 0) is 20.8 Å². The molecule has 0 amide bonds. The fourth-order valence-corrected chi connectivity index (χ4v) is 3.66. The number of likely N-dealkylation sites (tertiary alicyclic amines) is 1. The van der Waals surface area contributed by atoms with Crippen LogP contribution in [-0.4, -0.2) is 60.2 Å². The first kappa shape index (κ1) is 21.1. The Bertz CT molecular complexity index is 618. The quantitative estimate of drug-likeness (QED) is 0.782. The van der Waals surface area contributed by atoms with Crippen molar-refractivity contribution in [3.05, 3.63) is 24.2 Å². The number of furan rings is 1. The van der Waals surface area contributed by atoms with Crippen molar-refractivity contribution in [2.45, 2.75) is 63.1 Å². The molecule has 2 aliphatic heterocycles. The summed E-state index contributed by atoms with van der Waals surface area (Å²) in [5.41, 5.74) is 0. The average molecular weight is 405 g/mol. The van der Waals surface area contributed by atoms with Gasteiger partial charge in [-0.1, -0.05) is 0 Å². The van der Waals surface area contributed by atoms with Crippen molar-refractivity contribution in [1.29, 1.82) is 0 Å². The Morgan fingerprint density at radius 1 is 1.21 bits per heavy atom. The largest absolute Gasteiger partial charge is 0.490 e. The number of ether oxygens (including phenoxy) is 2. The Balaban J connectivity index is 0.000000279. The molecule has 0 unspecified atom stereocenters. The molecule has 158 valence electrons. The van der Waals surface area contributed by atoms with E-state index in [0.717, 1.165) is 50.8 Å². The van der Waals surface area contributed by atoms with Gasteiger partial charge in [-0.15, -0.1) is 0 Å². The smallest absolute Gasteiger partial charge is 0.475 e. The summed E-state index contributed by atoms with van der Waals surface area (Å²) in [6.45, 7) is 3.77. The Hall–Kier alpha value is -1.58. The van der Waals surface area contributed by atoms with E-state index in [4.69, 9.17) is 23.8 Å². The Morgan fingerprint density at radius 3 is 2.57 bits per heavy atom. The minimum absolute atomic E-state index is 0.313. The monoisotopic (exact) mass is 405 g/mol. The van der Waals surface area contributed by atoms with E-state index in [2.05, 4.69) is 11.0 Å². The molecule has 1 N–H and O–H groups in total. The summed E-state index contributed by atoms with van der Waals surface area (Å²) >= 11 is 0. The molecule has 28 heavy (non-hydrogen) atoms. The number of nitrogens with zero attached hydrogens (tertiary/aromatic N) is 1. The number of alkyl halides is 3. The standard InChI is InChI=1S/C17H25NO3.C2HF3O2/c1-2-14(20-9-1)10-18-8-7-17-16(18)6-5-15(21-17)12-19-11-13-3-4-13;3-2(4,5)1(6)7/h1-2,9,13,15-17H,3-8,10-12H2;(H,6,7)/t15-,16-,17-;/m1./s1. The van der Waals surface area contributed by atoms with Crippen LogP contribution >= 0.6 is 0 Å². The third-order valence-corrected chi connectivity index (χ3v) is 5.29. The van der Waals surface area contributed by atoms with E-state index in [1.165, 1.54) is 19.3 Å². The molecular formula is C19H26F3NO5. The summed E-state index contributed by atoms with van der Waals surface area (Å²) in [7, 11) is 0. The average Bonchev–Trinajstić information content (AvgIpc) is 3.16. The Morgan fingerprint density at radius 2 is 1.96 bits per heavy atom. The van der Waals surface area contributed by atoms with E-state index in [1.807, 2.05) is 6.07 Å². The van der Waals surface area contributed by atoms with Crippen LogP contribution in [0.5, 0.6) is 0 Å². The van der Waals surface area contributed by atoms with Gasteiger partial charge in [-0.3, -0.25) is 4.90 Å². The summed E-state index contributed by atoms with van der Waals surface area (Å²) in [6, 6.07) is 4.59. The maximum Gasteiger partial charge on any atom is 0.490 e. The third kappa shape index (κ3) is 6.22. The second-order valence-corrected chi connectivity index (χ2v) is 7.56. The van der Waals surface area contributed by atoms with E-state index in [9.17, 15) is 13.2 Å². The van der Waals surface area contributed by atoms with E-state index in [-0.39, 0.29) is 0 Å². The van der Waals surface area contributed by atoms with Gasteiger partial charge in [0.2, 0.25) is 0 Å². The van der Waals surface area contributed by atoms with Crippen LogP contribution in [0.3, 0.4) is 0 Å². The fraction of sp³-hybridized carbons (Fsp3) is 0.737. The number of fused-ring (bicyclic) bond motifs is 1. The molecule has 2 saturated heterocycles. The first-order valence-electron chi connectivity index (χ1n) is 9.62. The van der Waals surface area contributed by atoms with E-state index in [1.54, 1.807) is 6.26 Å². The zero-order chi connectivity index (χ0) is 20.1. The van der Waals surface area contributed by atoms with Gasteiger partial charge < -0.3 is 19.0 Å². The van der Waals surface area contributed by atoms with Crippen molar-refractivity contribution in [1.82, 2.24) is 4.90 Å². The highest BCUT2D eigenvalue weighted by Crippen LogP contribution is 2.33. The van der Waals surface area contributed by atoms with Crippen molar-refractivity contribution in [3.63, 3.8) is 0 Å². The summed E-state index contributed by atoms with van der Waals surface area (Å²) in [5.74, 6) is -0.852. The second kappa shape index (κ2) is 9.28. The van der Waals surface area contributed by atoms with Crippen LogP contribution in [0.15, 0.2) is 22.8 Å². The molecule has 1 aromatic rings. The maximum atomic E-state index is 10.6. The molecule has 1 aromatic heterocycles. The van der Waals surface area contributed by atoms with Crippen LogP contribution in [0.4, 0.5) is 13.2 Å². The van der Waals surface area contributed by atoms with Gasteiger partial charge in [-0.25, -0.2) is 4.79 Å². The minimum Gasteiger partial charge on any atom is -0.475 e. The van der Waals surface area contributed by atoms with Gasteiger partial charge >= 0.3 is 12.1 Å². The molecule has 3 aliphatic rings. The molecule has 6 nitrogen and oxygen atoms in total. The van der Waals surface area contributed by atoms with Gasteiger partial charge in [-0.2, -0.15) is 13.2 Å². The number of carbonyl (C=O) groups is 1. The lowest BCUT2D eigenvalue weighted by atomic mass is 9.99. The zero-order valence-corrected chi connectivity index (χ0v) is 15.6. The maximum absolute atomic E-state index is 10.6. The molecular weight excluding hydrogens is 379 g/mol. The number of aliphatic carboxylic acids is 1. The predicted molar refractivity (Wildman–Crippen MR) is 92.7 cm³/mol. The van der Waals surface area contributed by atoms with Crippen LogP contribution in [0.2, 0.25) is 0 Å². The van der Waals surface area contributed by atoms with Crippen LogP contribution in [0, 0.1) is 5.92 Å². The van der Waals surface area contributed by atoms with Crippen molar-refractivity contribution < 1.29 is 37.0 Å². The van der Waals surface area contributed by atoms with Crippen molar-refractivity contribution in [2.24, 2.45) is 5.92 Å². The number of hydrogen-bond donors (Lipinski definition) is 1. The number of hydrogen-bond acceptors (Lipinski definition) is 5. The number of carboxylic acid groups (broad SMARTS) is 1. The topological polar surface area (TPSA) is 72.1 Å². The third-order valence-electron chi connectivity index (χ3n) is 5.29. The van der Waals surface area contributed by atoms with Crippen molar-refractivity contribution >= 4 is 5.97 Å². The van der Waals surface area contributed by atoms with Gasteiger partial charge in [0, 0.05) is 19.2 Å².